The number of rotatable bonds is 2. The van der Waals surface area contributed by atoms with Gasteiger partial charge in [-0.05, 0) is 37.9 Å². The minimum atomic E-state index is -0.0631. The molecule has 0 radical (unpaired) electrons. The van der Waals surface area contributed by atoms with Crippen molar-refractivity contribution < 1.29 is 4.79 Å². The maximum atomic E-state index is 11.9. The number of amides is 1. The topological polar surface area (TPSA) is 54.0 Å². The zero-order chi connectivity index (χ0) is 11.4. The normalized spacial score (nSPS) is 18.2. The van der Waals surface area contributed by atoms with Gasteiger partial charge in [-0.1, -0.05) is 6.07 Å². The molecule has 102 valence electrons. The Morgan fingerprint density at radius 2 is 2.28 bits per heavy atom. The third-order valence-electron chi connectivity index (χ3n) is 2.86. The molecule has 0 saturated carbocycles. The van der Waals surface area contributed by atoms with E-state index in [1.807, 2.05) is 19.1 Å². The summed E-state index contributed by atoms with van der Waals surface area (Å²) in [5.41, 5.74) is 1.46. The lowest BCUT2D eigenvalue weighted by atomic mass is 10.1. The minimum Gasteiger partial charge on any atom is -0.347 e. The predicted molar refractivity (Wildman–Crippen MR) is 76.8 cm³/mol. The van der Waals surface area contributed by atoms with Gasteiger partial charge in [-0.25, -0.2) is 0 Å². The van der Waals surface area contributed by atoms with Crippen molar-refractivity contribution in [2.24, 2.45) is 0 Å². The van der Waals surface area contributed by atoms with Gasteiger partial charge in [0, 0.05) is 18.8 Å². The number of hydrogen-bond acceptors (Lipinski definition) is 3. The molecule has 0 spiro atoms. The van der Waals surface area contributed by atoms with Crippen LogP contribution in [0, 0.1) is 6.92 Å². The van der Waals surface area contributed by atoms with Gasteiger partial charge in [-0.2, -0.15) is 0 Å². The van der Waals surface area contributed by atoms with Gasteiger partial charge in [-0.15, -0.1) is 24.8 Å². The maximum Gasteiger partial charge on any atom is 0.270 e. The average molecular weight is 292 g/mol. The summed E-state index contributed by atoms with van der Waals surface area (Å²) in [4.78, 5) is 16.0. The van der Waals surface area contributed by atoms with Crippen molar-refractivity contribution >= 4 is 30.7 Å². The van der Waals surface area contributed by atoms with Crippen molar-refractivity contribution in [3.05, 3.63) is 29.6 Å². The summed E-state index contributed by atoms with van der Waals surface area (Å²) in [6.07, 6.45) is 3.82. The molecule has 0 bridgehead atoms. The lowest BCUT2D eigenvalue weighted by Gasteiger charge is -2.23. The van der Waals surface area contributed by atoms with Crippen LogP contribution in [0.15, 0.2) is 18.3 Å². The molecule has 18 heavy (non-hydrogen) atoms. The second kappa shape index (κ2) is 8.29. The summed E-state index contributed by atoms with van der Waals surface area (Å²) in [5, 5.41) is 6.28. The first-order valence-electron chi connectivity index (χ1n) is 5.70. The number of carbonyl (C=O) groups excluding carboxylic acids is 1. The van der Waals surface area contributed by atoms with Gasteiger partial charge < -0.3 is 10.6 Å². The van der Waals surface area contributed by atoms with Crippen molar-refractivity contribution in [1.82, 2.24) is 15.6 Å². The standard InChI is InChI=1S/C12H17N3O.2ClH/c1-9-4-2-7-14-11(9)12(16)15-10-5-3-6-13-8-10;;/h2,4,7,10,13H,3,5-6,8H2,1H3,(H,15,16);2*1H/t10-;;/m0../s1. The lowest BCUT2D eigenvalue weighted by Crippen LogP contribution is -2.45. The van der Waals surface area contributed by atoms with Gasteiger partial charge in [0.25, 0.3) is 5.91 Å². The Kier molecular flexibility index (Phi) is 7.91. The highest BCUT2D eigenvalue weighted by Gasteiger charge is 2.17. The summed E-state index contributed by atoms with van der Waals surface area (Å²) < 4.78 is 0. The highest BCUT2D eigenvalue weighted by molar-refractivity contribution is 5.93. The van der Waals surface area contributed by atoms with Crippen LogP contribution in [0.4, 0.5) is 0 Å². The number of hydrogen-bond donors (Lipinski definition) is 2. The number of halogens is 2. The third kappa shape index (κ3) is 4.44. The second-order valence-corrected chi connectivity index (χ2v) is 4.19. The van der Waals surface area contributed by atoms with Crippen LogP contribution >= 0.6 is 24.8 Å². The van der Waals surface area contributed by atoms with Crippen molar-refractivity contribution in [2.75, 3.05) is 13.1 Å². The summed E-state index contributed by atoms with van der Waals surface area (Å²) >= 11 is 0. The number of piperidine rings is 1. The van der Waals surface area contributed by atoms with E-state index in [2.05, 4.69) is 15.6 Å². The van der Waals surface area contributed by atoms with Gasteiger partial charge in [-0.3, -0.25) is 9.78 Å². The number of nitrogens with one attached hydrogen (secondary N) is 2. The van der Waals surface area contributed by atoms with E-state index in [-0.39, 0.29) is 36.8 Å². The fourth-order valence-corrected chi connectivity index (χ4v) is 1.95. The lowest BCUT2D eigenvalue weighted by molar-refractivity contribution is 0.0925. The molecule has 2 rings (SSSR count). The number of aromatic nitrogens is 1. The molecular formula is C12H19Cl2N3O. The molecule has 1 aliphatic rings. The van der Waals surface area contributed by atoms with E-state index in [0.29, 0.717) is 5.69 Å². The Bertz CT molecular complexity index is 381. The molecule has 1 aliphatic heterocycles. The fraction of sp³-hybridized carbons (Fsp3) is 0.500. The van der Waals surface area contributed by atoms with E-state index in [9.17, 15) is 4.79 Å². The van der Waals surface area contributed by atoms with Crippen molar-refractivity contribution in [1.29, 1.82) is 0 Å². The van der Waals surface area contributed by atoms with E-state index < -0.39 is 0 Å². The van der Waals surface area contributed by atoms with Crippen LogP contribution in [-0.2, 0) is 0 Å². The van der Waals surface area contributed by atoms with Crippen LogP contribution in [-0.4, -0.2) is 30.0 Å². The van der Waals surface area contributed by atoms with E-state index in [1.165, 1.54) is 0 Å². The molecule has 1 atom stereocenters. The summed E-state index contributed by atoms with van der Waals surface area (Å²) in [7, 11) is 0. The quantitative estimate of drug-likeness (QED) is 0.872. The molecular weight excluding hydrogens is 273 g/mol. The minimum absolute atomic E-state index is 0. The molecule has 1 amide bonds. The van der Waals surface area contributed by atoms with Crippen LogP contribution in [0.5, 0.6) is 0 Å². The number of aryl methyl sites for hydroxylation is 1. The maximum absolute atomic E-state index is 11.9. The Labute approximate surface area is 120 Å². The Morgan fingerprint density at radius 1 is 1.50 bits per heavy atom. The molecule has 0 unspecified atom stereocenters. The first-order chi connectivity index (χ1) is 7.77. The van der Waals surface area contributed by atoms with Gasteiger partial charge in [0.2, 0.25) is 0 Å². The highest BCUT2D eigenvalue weighted by Crippen LogP contribution is 2.06. The van der Waals surface area contributed by atoms with Gasteiger partial charge in [0.05, 0.1) is 0 Å². The smallest absolute Gasteiger partial charge is 0.270 e. The number of nitrogens with zero attached hydrogens (tertiary/aromatic N) is 1. The summed E-state index contributed by atoms with van der Waals surface area (Å²) in [6.45, 7) is 3.81. The van der Waals surface area contributed by atoms with Crippen LogP contribution < -0.4 is 10.6 Å². The fourth-order valence-electron chi connectivity index (χ4n) is 1.95. The van der Waals surface area contributed by atoms with E-state index >= 15 is 0 Å². The SMILES string of the molecule is Cc1cccnc1C(=O)N[C@H]1CCCNC1.Cl.Cl. The zero-order valence-corrected chi connectivity index (χ0v) is 11.9. The predicted octanol–water partition coefficient (Wildman–Crippen LogP) is 1.72. The number of carbonyl (C=O) groups is 1. The molecule has 1 aromatic heterocycles. The van der Waals surface area contributed by atoms with E-state index in [0.717, 1.165) is 31.5 Å². The first kappa shape index (κ1) is 17.2. The first-order valence-corrected chi connectivity index (χ1v) is 5.70. The van der Waals surface area contributed by atoms with Gasteiger partial charge in [0.15, 0.2) is 0 Å². The van der Waals surface area contributed by atoms with Crippen molar-refractivity contribution in [3.8, 4) is 0 Å². The van der Waals surface area contributed by atoms with Gasteiger partial charge in [0.1, 0.15) is 5.69 Å². The van der Waals surface area contributed by atoms with E-state index in [4.69, 9.17) is 0 Å². The summed E-state index contributed by atoms with van der Waals surface area (Å²) in [5.74, 6) is -0.0631. The van der Waals surface area contributed by atoms with Crippen LogP contribution in [0.3, 0.4) is 0 Å². The van der Waals surface area contributed by atoms with Crippen LogP contribution in [0.25, 0.3) is 0 Å². The molecule has 4 nitrogen and oxygen atoms in total. The van der Waals surface area contributed by atoms with Crippen molar-refractivity contribution in [3.63, 3.8) is 0 Å². The molecule has 1 fully saturated rings. The molecule has 1 aromatic rings. The Morgan fingerprint density at radius 3 is 2.89 bits per heavy atom. The van der Waals surface area contributed by atoms with E-state index in [1.54, 1.807) is 6.20 Å². The number of pyridine rings is 1. The molecule has 0 aromatic carbocycles. The van der Waals surface area contributed by atoms with Gasteiger partial charge >= 0.3 is 0 Å². The molecule has 1 saturated heterocycles. The molecule has 6 heteroatoms. The molecule has 0 aliphatic carbocycles. The van der Waals surface area contributed by atoms with Crippen LogP contribution in [0.1, 0.15) is 28.9 Å². The average Bonchev–Trinajstić information content (AvgIpc) is 2.31. The monoisotopic (exact) mass is 291 g/mol. The Hall–Kier alpha value is -0.840. The third-order valence-corrected chi connectivity index (χ3v) is 2.86. The second-order valence-electron chi connectivity index (χ2n) is 4.19. The molecule has 2 heterocycles. The highest BCUT2D eigenvalue weighted by atomic mass is 35.5. The largest absolute Gasteiger partial charge is 0.347 e. The summed E-state index contributed by atoms with van der Waals surface area (Å²) in [6, 6.07) is 3.98. The zero-order valence-electron chi connectivity index (χ0n) is 10.3. The Balaban J connectivity index is 0.00000144. The molecule has 2 N–H and O–H groups in total. The van der Waals surface area contributed by atoms with Crippen LogP contribution in [0.2, 0.25) is 0 Å². The van der Waals surface area contributed by atoms with Crippen molar-refractivity contribution in [2.45, 2.75) is 25.8 Å².